The number of methoxy groups -OCH3 is 2. The van der Waals surface area contributed by atoms with Crippen molar-refractivity contribution in [2.75, 3.05) is 14.2 Å². The molecule has 9 heteroatoms. The second-order valence-electron chi connectivity index (χ2n) is 5.21. The quantitative estimate of drug-likeness (QED) is 0.448. The highest BCUT2D eigenvalue weighted by Crippen LogP contribution is 2.29. The summed E-state index contributed by atoms with van der Waals surface area (Å²) in [4.78, 5) is 0. The lowest BCUT2D eigenvalue weighted by molar-refractivity contribution is 0.251. The Hall–Kier alpha value is -2.94. The van der Waals surface area contributed by atoms with Crippen LogP contribution in [-0.4, -0.2) is 41.1 Å². The molecule has 1 aromatic heterocycles. The highest BCUT2D eigenvalue weighted by atomic mass is 32.2. The lowest BCUT2D eigenvalue weighted by atomic mass is 10.2. The molecule has 0 unspecified atom stereocenters. The van der Waals surface area contributed by atoms with E-state index in [-0.39, 0.29) is 16.9 Å². The second-order valence-corrected chi connectivity index (χ2v) is 6.17. The molecular weight excluding hydrogens is 374 g/mol. The van der Waals surface area contributed by atoms with E-state index in [9.17, 15) is 8.78 Å². The SMILES string of the molecule is COc1ccc(-c2nnc(SC(F)F)n2/N=C\c2ccccc2OC)cc1. The van der Waals surface area contributed by atoms with Gasteiger partial charge in [-0.2, -0.15) is 18.6 Å². The molecular formula is C18H16F2N4O2S. The lowest BCUT2D eigenvalue weighted by Crippen LogP contribution is -1.99. The third-order valence-electron chi connectivity index (χ3n) is 3.61. The monoisotopic (exact) mass is 390 g/mol. The number of ether oxygens (including phenoxy) is 2. The van der Waals surface area contributed by atoms with Gasteiger partial charge in [-0.05, 0) is 48.2 Å². The smallest absolute Gasteiger partial charge is 0.291 e. The number of halogens is 2. The molecule has 1 heterocycles. The number of hydrogen-bond acceptors (Lipinski definition) is 6. The summed E-state index contributed by atoms with van der Waals surface area (Å²) < 4.78 is 37.5. The highest BCUT2D eigenvalue weighted by Gasteiger charge is 2.18. The summed E-state index contributed by atoms with van der Waals surface area (Å²) in [6, 6.07) is 14.3. The van der Waals surface area contributed by atoms with Crippen molar-refractivity contribution in [3.63, 3.8) is 0 Å². The number of rotatable bonds is 7. The highest BCUT2D eigenvalue weighted by molar-refractivity contribution is 7.99. The molecule has 140 valence electrons. The number of thioether (sulfide) groups is 1. The maximum atomic E-state index is 12.9. The minimum absolute atomic E-state index is 0.0121. The van der Waals surface area contributed by atoms with E-state index in [1.54, 1.807) is 50.6 Å². The van der Waals surface area contributed by atoms with Crippen LogP contribution in [0.4, 0.5) is 8.78 Å². The van der Waals surface area contributed by atoms with Crippen LogP contribution in [-0.2, 0) is 0 Å². The van der Waals surface area contributed by atoms with E-state index in [1.165, 1.54) is 10.9 Å². The van der Waals surface area contributed by atoms with E-state index in [0.29, 0.717) is 28.5 Å². The van der Waals surface area contributed by atoms with Crippen LogP contribution in [0.5, 0.6) is 11.5 Å². The summed E-state index contributed by atoms with van der Waals surface area (Å²) in [5, 5.41) is 12.2. The Morgan fingerprint density at radius 2 is 1.78 bits per heavy atom. The average Bonchev–Trinajstić information content (AvgIpc) is 3.08. The summed E-state index contributed by atoms with van der Waals surface area (Å²) >= 11 is 0.280. The van der Waals surface area contributed by atoms with Crippen LogP contribution in [0.25, 0.3) is 11.4 Å². The van der Waals surface area contributed by atoms with Gasteiger partial charge in [0.05, 0.1) is 20.4 Å². The molecule has 0 amide bonds. The Morgan fingerprint density at radius 3 is 2.44 bits per heavy atom. The lowest BCUT2D eigenvalue weighted by Gasteiger charge is -2.06. The Labute approximate surface area is 158 Å². The molecule has 2 aromatic carbocycles. The molecule has 6 nitrogen and oxygen atoms in total. The first kappa shape index (κ1) is 18.8. The summed E-state index contributed by atoms with van der Waals surface area (Å²) in [6.45, 7) is 0. The number of hydrogen-bond donors (Lipinski definition) is 0. The van der Waals surface area contributed by atoms with Crippen LogP contribution in [0.15, 0.2) is 58.8 Å². The van der Waals surface area contributed by atoms with E-state index in [4.69, 9.17) is 9.47 Å². The molecule has 0 aliphatic heterocycles. The van der Waals surface area contributed by atoms with Crippen LogP contribution >= 0.6 is 11.8 Å². The summed E-state index contributed by atoms with van der Waals surface area (Å²) in [7, 11) is 3.11. The van der Waals surface area contributed by atoms with Gasteiger partial charge in [0.15, 0.2) is 5.82 Å². The molecule has 0 aliphatic rings. The van der Waals surface area contributed by atoms with Gasteiger partial charge in [0, 0.05) is 11.1 Å². The first-order valence-electron chi connectivity index (χ1n) is 7.84. The van der Waals surface area contributed by atoms with Gasteiger partial charge >= 0.3 is 0 Å². The maximum Gasteiger partial charge on any atom is 0.291 e. The van der Waals surface area contributed by atoms with Crippen molar-refractivity contribution < 1.29 is 18.3 Å². The van der Waals surface area contributed by atoms with Gasteiger partial charge in [-0.1, -0.05) is 12.1 Å². The molecule has 0 saturated heterocycles. The van der Waals surface area contributed by atoms with Crippen molar-refractivity contribution >= 4 is 18.0 Å². The van der Waals surface area contributed by atoms with E-state index < -0.39 is 5.76 Å². The molecule has 0 fully saturated rings. The van der Waals surface area contributed by atoms with Gasteiger partial charge in [-0.25, -0.2) is 0 Å². The molecule has 0 atom stereocenters. The maximum absolute atomic E-state index is 12.9. The van der Waals surface area contributed by atoms with E-state index in [2.05, 4.69) is 15.3 Å². The molecule has 3 rings (SSSR count). The van der Waals surface area contributed by atoms with E-state index in [0.717, 1.165) is 0 Å². The first-order valence-corrected chi connectivity index (χ1v) is 8.72. The molecule has 0 radical (unpaired) electrons. The van der Waals surface area contributed by atoms with Crippen molar-refractivity contribution in [3.8, 4) is 22.9 Å². The zero-order chi connectivity index (χ0) is 19.2. The number of para-hydroxylation sites is 1. The Balaban J connectivity index is 2.02. The molecule has 3 aromatic rings. The number of alkyl halides is 2. The minimum Gasteiger partial charge on any atom is -0.497 e. The zero-order valence-electron chi connectivity index (χ0n) is 14.5. The topological polar surface area (TPSA) is 61.5 Å². The van der Waals surface area contributed by atoms with Gasteiger partial charge in [0.1, 0.15) is 11.5 Å². The Kier molecular flexibility index (Phi) is 6.02. The number of benzene rings is 2. The fraction of sp³-hybridized carbons (Fsp3) is 0.167. The first-order chi connectivity index (χ1) is 13.1. The molecule has 0 aliphatic carbocycles. The van der Waals surface area contributed by atoms with Crippen LogP contribution < -0.4 is 9.47 Å². The largest absolute Gasteiger partial charge is 0.497 e. The van der Waals surface area contributed by atoms with Crippen LogP contribution in [0.3, 0.4) is 0 Å². The van der Waals surface area contributed by atoms with Gasteiger partial charge in [0.25, 0.3) is 5.76 Å². The molecule has 0 spiro atoms. The zero-order valence-corrected chi connectivity index (χ0v) is 15.4. The fourth-order valence-electron chi connectivity index (χ4n) is 2.34. The standard InChI is InChI=1S/C18H16F2N4O2S/c1-25-14-9-7-12(8-10-14)16-22-23-18(27-17(19)20)24(16)21-11-13-5-3-4-6-15(13)26-2/h3-11,17H,1-2H3/b21-11-. The van der Waals surface area contributed by atoms with Crippen molar-refractivity contribution in [1.29, 1.82) is 0 Å². The summed E-state index contributed by atoms with van der Waals surface area (Å²) in [5.41, 5.74) is 1.36. The van der Waals surface area contributed by atoms with Gasteiger partial charge in [-0.15, -0.1) is 10.2 Å². The predicted molar refractivity (Wildman–Crippen MR) is 99.9 cm³/mol. The normalized spacial score (nSPS) is 11.3. The minimum atomic E-state index is -2.64. The van der Waals surface area contributed by atoms with Gasteiger partial charge in [0.2, 0.25) is 5.16 Å². The fourth-order valence-corrected chi connectivity index (χ4v) is 2.82. The van der Waals surface area contributed by atoms with Gasteiger partial charge < -0.3 is 9.47 Å². The van der Waals surface area contributed by atoms with Crippen LogP contribution in [0.1, 0.15) is 5.56 Å². The van der Waals surface area contributed by atoms with Crippen molar-refractivity contribution in [1.82, 2.24) is 14.9 Å². The van der Waals surface area contributed by atoms with Crippen LogP contribution in [0, 0.1) is 0 Å². The second kappa shape index (κ2) is 8.63. The van der Waals surface area contributed by atoms with E-state index in [1.807, 2.05) is 12.1 Å². The molecule has 27 heavy (non-hydrogen) atoms. The number of nitrogens with zero attached hydrogens (tertiary/aromatic N) is 4. The van der Waals surface area contributed by atoms with Crippen molar-refractivity contribution in [2.24, 2.45) is 5.10 Å². The van der Waals surface area contributed by atoms with E-state index >= 15 is 0 Å². The average molecular weight is 390 g/mol. The third-order valence-corrected chi connectivity index (χ3v) is 4.25. The molecule has 0 N–H and O–H groups in total. The third kappa shape index (κ3) is 4.43. The molecule has 0 saturated carbocycles. The van der Waals surface area contributed by atoms with Crippen molar-refractivity contribution in [2.45, 2.75) is 10.9 Å². The number of aromatic nitrogens is 3. The van der Waals surface area contributed by atoms with Crippen LogP contribution in [0.2, 0.25) is 0 Å². The summed E-state index contributed by atoms with van der Waals surface area (Å²) in [5.74, 6) is -1.02. The predicted octanol–water partition coefficient (Wildman–Crippen LogP) is 4.16. The summed E-state index contributed by atoms with van der Waals surface area (Å²) in [6.07, 6.45) is 1.52. The Morgan fingerprint density at radius 1 is 1.04 bits per heavy atom. The molecule has 0 bridgehead atoms. The van der Waals surface area contributed by atoms with Gasteiger partial charge in [-0.3, -0.25) is 0 Å². The van der Waals surface area contributed by atoms with Crippen molar-refractivity contribution in [3.05, 3.63) is 54.1 Å². The Bertz CT molecular complexity index is 929.